The zero-order chi connectivity index (χ0) is 11.2. The standard InChI is InChI=1S/C10H15F2N3/c1-6-8(14-15(2)9(6)13)7-3-4-10(11,12)5-7/h7H,3-5,13H2,1-2H3. The number of rotatable bonds is 1. The molecule has 0 aliphatic heterocycles. The van der Waals surface area contributed by atoms with E-state index in [-0.39, 0.29) is 18.8 Å². The minimum atomic E-state index is -2.52. The van der Waals surface area contributed by atoms with Gasteiger partial charge < -0.3 is 5.73 Å². The van der Waals surface area contributed by atoms with Crippen molar-refractivity contribution in [2.75, 3.05) is 5.73 Å². The average molecular weight is 215 g/mol. The van der Waals surface area contributed by atoms with Gasteiger partial charge in [-0.25, -0.2) is 8.78 Å². The van der Waals surface area contributed by atoms with Gasteiger partial charge in [0.25, 0.3) is 0 Å². The van der Waals surface area contributed by atoms with Crippen molar-refractivity contribution < 1.29 is 8.78 Å². The maximum atomic E-state index is 13.1. The molecule has 5 heteroatoms. The van der Waals surface area contributed by atoms with E-state index in [9.17, 15) is 8.78 Å². The quantitative estimate of drug-likeness (QED) is 0.780. The molecule has 1 aromatic heterocycles. The van der Waals surface area contributed by atoms with Crippen molar-refractivity contribution in [2.24, 2.45) is 7.05 Å². The molecule has 1 unspecified atom stereocenters. The van der Waals surface area contributed by atoms with Crippen molar-refractivity contribution in [3.05, 3.63) is 11.3 Å². The maximum absolute atomic E-state index is 13.1. The Morgan fingerprint density at radius 3 is 2.60 bits per heavy atom. The zero-order valence-corrected chi connectivity index (χ0v) is 8.93. The molecule has 1 heterocycles. The summed E-state index contributed by atoms with van der Waals surface area (Å²) in [5, 5.41) is 4.22. The molecule has 0 spiro atoms. The Balaban J connectivity index is 2.28. The van der Waals surface area contributed by atoms with Crippen LogP contribution in [-0.4, -0.2) is 15.7 Å². The number of hydrogen-bond donors (Lipinski definition) is 1. The number of nitrogen functional groups attached to an aromatic ring is 1. The number of hydrogen-bond acceptors (Lipinski definition) is 2. The topological polar surface area (TPSA) is 43.8 Å². The zero-order valence-electron chi connectivity index (χ0n) is 8.93. The van der Waals surface area contributed by atoms with Crippen molar-refractivity contribution in [1.82, 2.24) is 9.78 Å². The third-order valence-corrected chi connectivity index (χ3v) is 3.17. The normalized spacial score (nSPS) is 24.7. The van der Waals surface area contributed by atoms with E-state index in [1.807, 2.05) is 6.92 Å². The SMILES string of the molecule is Cc1c(C2CCC(F)(F)C2)nn(C)c1N. The predicted octanol–water partition coefficient (Wildman–Crippen LogP) is 2.21. The molecule has 1 atom stereocenters. The number of alkyl halides is 2. The second-order valence-corrected chi connectivity index (χ2v) is 4.31. The number of aromatic nitrogens is 2. The van der Waals surface area contributed by atoms with Gasteiger partial charge in [0.1, 0.15) is 5.82 Å². The first-order valence-corrected chi connectivity index (χ1v) is 5.07. The van der Waals surface area contributed by atoms with Crippen LogP contribution in [0.2, 0.25) is 0 Å². The summed E-state index contributed by atoms with van der Waals surface area (Å²) in [6.45, 7) is 1.84. The largest absolute Gasteiger partial charge is 0.384 e. The molecule has 0 aromatic carbocycles. The van der Waals surface area contributed by atoms with E-state index < -0.39 is 5.92 Å². The molecule has 0 amide bonds. The number of halogens is 2. The molecule has 2 rings (SSSR count). The van der Waals surface area contributed by atoms with E-state index in [2.05, 4.69) is 5.10 Å². The highest BCUT2D eigenvalue weighted by Crippen LogP contribution is 2.44. The summed E-state index contributed by atoms with van der Waals surface area (Å²) in [5.41, 5.74) is 7.34. The fourth-order valence-electron chi connectivity index (χ4n) is 2.24. The molecule has 1 saturated carbocycles. The lowest BCUT2D eigenvalue weighted by atomic mass is 10.0. The number of nitrogens with zero attached hydrogens (tertiary/aromatic N) is 2. The summed E-state index contributed by atoms with van der Waals surface area (Å²) in [6.07, 6.45) is 0.377. The van der Waals surface area contributed by atoms with E-state index in [0.717, 1.165) is 11.3 Å². The highest BCUT2D eigenvalue weighted by molar-refractivity contribution is 5.43. The van der Waals surface area contributed by atoms with Crippen molar-refractivity contribution in [2.45, 2.75) is 38.0 Å². The fraction of sp³-hybridized carbons (Fsp3) is 0.700. The van der Waals surface area contributed by atoms with E-state index in [4.69, 9.17) is 5.73 Å². The number of nitrogens with two attached hydrogens (primary N) is 1. The van der Waals surface area contributed by atoms with Gasteiger partial charge in [0.2, 0.25) is 5.92 Å². The first-order valence-electron chi connectivity index (χ1n) is 5.07. The molecular formula is C10H15F2N3. The Labute approximate surface area is 87.3 Å². The third kappa shape index (κ3) is 1.70. The van der Waals surface area contributed by atoms with Gasteiger partial charge in [-0.3, -0.25) is 4.68 Å². The van der Waals surface area contributed by atoms with E-state index in [0.29, 0.717) is 12.2 Å². The summed E-state index contributed by atoms with van der Waals surface area (Å²) < 4.78 is 27.7. The van der Waals surface area contributed by atoms with E-state index in [1.165, 1.54) is 0 Å². The smallest absolute Gasteiger partial charge is 0.248 e. The van der Waals surface area contributed by atoms with Crippen molar-refractivity contribution in [3.63, 3.8) is 0 Å². The maximum Gasteiger partial charge on any atom is 0.248 e. The second kappa shape index (κ2) is 3.18. The number of aryl methyl sites for hydroxylation is 1. The van der Waals surface area contributed by atoms with Crippen molar-refractivity contribution in [1.29, 1.82) is 0 Å². The Kier molecular flexibility index (Phi) is 2.20. The van der Waals surface area contributed by atoms with Crippen LogP contribution in [0, 0.1) is 6.92 Å². The van der Waals surface area contributed by atoms with Crippen LogP contribution >= 0.6 is 0 Å². The Morgan fingerprint density at radius 2 is 2.20 bits per heavy atom. The fourth-order valence-corrected chi connectivity index (χ4v) is 2.24. The van der Waals surface area contributed by atoms with Crippen LogP contribution < -0.4 is 5.73 Å². The van der Waals surface area contributed by atoms with Crippen LogP contribution in [0.5, 0.6) is 0 Å². The van der Waals surface area contributed by atoms with Gasteiger partial charge in [-0.05, 0) is 13.3 Å². The molecule has 1 aliphatic rings. The first-order chi connectivity index (χ1) is 6.91. The van der Waals surface area contributed by atoms with Crippen LogP contribution in [0.3, 0.4) is 0 Å². The molecule has 0 saturated heterocycles. The Hall–Kier alpha value is -1.13. The third-order valence-electron chi connectivity index (χ3n) is 3.17. The van der Waals surface area contributed by atoms with Crippen molar-refractivity contribution >= 4 is 5.82 Å². The molecule has 1 fully saturated rings. The first kappa shape index (κ1) is 10.4. The van der Waals surface area contributed by atoms with Gasteiger partial charge in [-0.2, -0.15) is 5.10 Å². The highest BCUT2D eigenvalue weighted by atomic mass is 19.3. The minimum absolute atomic E-state index is 0.0341. The molecule has 2 N–H and O–H groups in total. The summed E-state index contributed by atoms with van der Waals surface area (Å²) in [7, 11) is 1.74. The monoisotopic (exact) mass is 215 g/mol. The van der Waals surface area contributed by atoms with Crippen LogP contribution in [-0.2, 0) is 7.05 Å². The molecule has 1 aliphatic carbocycles. The van der Waals surface area contributed by atoms with Crippen molar-refractivity contribution in [3.8, 4) is 0 Å². The van der Waals surface area contributed by atoms with Crippen LogP contribution in [0.4, 0.5) is 14.6 Å². The summed E-state index contributed by atoms with van der Waals surface area (Å²) >= 11 is 0. The molecular weight excluding hydrogens is 200 g/mol. The van der Waals surface area contributed by atoms with Gasteiger partial charge in [0.15, 0.2) is 0 Å². The van der Waals surface area contributed by atoms with Gasteiger partial charge in [0, 0.05) is 31.4 Å². The van der Waals surface area contributed by atoms with E-state index in [1.54, 1.807) is 11.7 Å². The molecule has 84 valence electrons. The minimum Gasteiger partial charge on any atom is -0.384 e. The van der Waals surface area contributed by atoms with Gasteiger partial charge in [-0.1, -0.05) is 0 Å². The van der Waals surface area contributed by atoms with Crippen LogP contribution in [0.1, 0.15) is 36.4 Å². The van der Waals surface area contributed by atoms with Crippen LogP contribution in [0.15, 0.2) is 0 Å². The number of anilines is 1. The predicted molar refractivity (Wildman–Crippen MR) is 53.9 cm³/mol. The molecule has 0 radical (unpaired) electrons. The van der Waals surface area contributed by atoms with Gasteiger partial charge in [-0.15, -0.1) is 0 Å². The summed E-state index contributed by atoms with van der Waals surface area (Å²) in [4.78, 5) is 0. The molecule has 0 bridgehead atoms. The Bertz CT molecular complexity index is 384. The summed E-state index contributed by atoms with van der Waals surface area (Å²) in [5.74, 6) is -2.09. The Morgan fingerprint density at radius 1 is 1.53 bits per heavy atom. The van der Waals surface area contributed by atoms with Gasteiger partial charge in [0.05, 0.1) is 5.69 Å². The highest BCUT2D eigenvalue weighted by Gasteiger charge is 2.41. The molecule has 3 nitrogen and oxygen atoms in total. The molecule has 1 aromatic rings. The van der Waals surface area contributed by atoms with E-state index >= 15 is 0 Å². The lowest BCUT2D eigenvalue weighted by Crippen LogP contribution is -2.09. The van der Waals surface area contributed by atoms with Crippen LogP contribution in [0.25, 0.3) is 0 Å². The second-order valence-electron chi connectivity index (χ2n) is 4.31. The van der Waals surface area contributed by atoms with Gasteiger partial charge >= 0.3 is 0 Å². The summed E-state index contributed by atoms with van der Waals surface area (Å²) in [6, 6.07) is 0. The average Bonchev–Trinajstić information content (AvgIpc) is 2.62. The lowest BCUT2D eigenvalue weighted by Gasteiger charge is -2.08. The molecule has 15 heavy (non-hydrogen) atoms. The lowest BCUT2D eigenvalue weighted by molar-refractivity contribution is 0.00763.